The molecule has 1 N–H and O–H groups in total. The molecule has 3 aromatic rings. The van der Waals surface area contributed by atoms with E-state index in [4.69, 9.17) is 11.3 Å². The summed E-state index contributed by atoms with van der Waals surface area (Å²) in [6.07, 6.45) is 3.04. The van der Waals surface area contributed by atoms with Crippen LogP contribution in [0, 0.1) is 24.0 Å². The average molecular weight is 493 g/mol. The van der Waals surface area contributed by atoms with Gasteiger partial charge in [-0.3, -0.25) is 0 Å². The number of piperazine rings is 1. The monoisotopic (exact) mass is 492 g/mol. The predicted molar refractivity (Wildman–Crippen MR) is 131 cm³/mol. The molecule has 1 aromatic heterocycles. The summed E-state index contributed by atoms with van der Waals surface area (Å²) in [6.45, 7) is 12.5. The summed E-state index contributed by atoms with van der Waals surface area (Å²) in [6, 6.07) is 5.65. The molecule has 0 saturated carbocycles. The minimum Gasteiger partial charge on any atom is -0.446 e. The quantitative estimate of drug-likeness (QED) is 0.462. The van der Waals surface area contributed by atoms with Crippen molar-refractivity contribution in [1.29, 1.82) is 0 Å². The van der Waals surface area contributed by atoms with Gasteiger partial charge in [0.2, 0.25) is 5.88 Å². The van der Waals surface area contributed by atoms with Gasteiger partial charge in [-0.15, -0.1) is 0 Å². The molecular formula is C26H23F3N6O. The third-order valence-corrected chi connectivity index (χ3v) is 6.33. The fourth-order valence-corrected chi connectivity index (χ4v) is 4.40. The van der Waals surface area contributed by atoms with Gasteiger partial charge in [0.1, 0.15) is 23.8 Å². The maximum absolute atomic E-state index is 15.0. The molecule has 7 nitrogen and oxygen atoms in total. The minimum absolute atomic E-state index is 0.0551. The van der Waals surface area contributed by atoms with Crippen molar-refractivity contribution in [1.82, 2.24) is 14.9 Å². The first-order chi connectivity index (χ1) is 17.3. The zero-order chi connectivity index (χ0) is 25.4. The van der Waals surface area contributed by atoms with E-state index in [0.29, 0.717) is 17.8 Å². The molecule has 1 fully saturated rings. The van der Waals surface area contributed by atoms with Gasteiger partial charge in [0.05, 0.1) is 12.3 Å². The lowest BCUT2D eigenvalue weighted by atomic mass is 10.1. The molecule has 2 heterocycles. The summed E-state index contributed by atoms with van der Waals surface area (Å²) in [5, 5.41) is 2.91. The van der Waals surface area contributed by atoms with Gasteiger partial charge in [-0.05, 0) is 38.6 Å². The average Bonchev–Trinajstić information content (AvgIpc) is 3.26. The third kappa shape index (κ3) is 4.45. The Bertz CT molecular complexity index is 1410. The molecule has 5 rings (SSSR count). The molecule has 1 aliphatic carbocycles. The van der Waals surface area contributed by atoms with Crippen LogP contribution in [0.25, 0.3) is 10.9 Å². The molecule has 0 atom stereocenters. The fraction of sp³-hybridized carbons (Fsp3) is 0.269. The topological polar surface area (TPSA) is 57.9 Å². The molecule has 0 spiro atoms. The van der Waals surface area contributed by atoms with Gasteiger partial charge in [0.15, 0.2) is 11.6 Å². The number of anilines is 3. The van der Waals surface area contributed by atoms with Crippen LogP contribution in [0.2, 0.25) is 0 Å². The number of hydrogen-bond donors (Lipinski definition) is 1. The van der Waals surface area contributed by atoms with Crippen LogP contribution >= 0.6 is 0 Å². The maximum atomic E-state index is 15.0. The highest BCUT2D eigenvalue weighted by Gasteiger charge is 2.24. The highest BCUT2D eigenvalue weighted by molar-refractivity contribution is 5.76. The number of fused-ring (bicyclic) bond motifs is 1. The number of likely N-dealkylation sites (N-methyl/N-ethyl adjacent to an activating group) is 1. The number of halogens is 3. The molecule has 10 heteroatoms. The second-order valence-corrected chi connectivity index (χ2v) is 8.90. The van der Waals surface area contributed by atoms with Crippen LogP contribution in [0.1, 0.15) is 18.1 Å². The van der Waals surface area contributed by atoms with Crippen LogP contribution in [0.15, 0.2) is 36.2 Å². The van der Waals surface area contributed by atoms with Crippen molar-refractivity contribution in [3.8, 4) is 11.6 Å². The van der Waals surface area contributed by atoms with E-state index in [9.17, 15) is 8.78 Å². The summed E-state index contributed by atoms with van der Waals surface area (Å²) < 4.78 is 50.0. The highest BCUT2D eigenvalue weighted by Crippen LogP contribution is 2.40. The van der Waals surface area contributed by atoms with E-state index in [0.717, 1.165) is 44.1 Å². The number of rotatable bonds is 5. The first kappa shape index (κ1) is 23.6. The van der Waals surface area contributed by atoms with Crippen molar-refractivity contribution in [2.75, 3.05) is 43.4 Å². The van der Waals surface area contributed by atoms with Crippen LogP contribution in [0.5, 0.6) is 11.6 Å². The number of aromatic nitrogens is 2. The lowest BCUT2D eigenvalue weighted by Crippen LogP contribution is -2.44. The number of allylic oxidation sites excluding steroid dienone is 1. The Labute approximate surface area is 206 Å². The number of ether oxygens (including phenoxy) is 1. The van der Waals surface area contributed by atoms with E-state index < -0.39 is 17.5 Å². The Balaban J connectivity index is 1.40. The molecule has 1 aliphatic heterocycles. The summed E-state index contributed by atoms with van der Waals surface area (Å²) >= 11 is 0. The van der Waals surface area contributed by atoms with Gasteiger partial charge in [-0.25, -0.2) is 28.0 Å². The maximum Gasteiger partial charge on any atom is 0.288 e. The smallest absolute Gasteiger partial charge is 0.288 e. The molecule has 0 radical (unpaired) electrons. The summed E-state index contributed by atoms with van der Waals surface area (Å²) in [4.78, 5) is 15.6. The molecule has 0 bridgehead atoms. The van der Waals surface area contributed by atoms with E-state index in [-0.39, 0.29) is 34.3 Å². The van der Waals surface area contributed by atoms with Gasteiger partial charge in [0.25, 0.3) is 5.69 Å². The second kappa shape index (κ2) is 9.51. The Hall–Kier alpha value is -4.10. The van der Waals surface area contributed by atoms with Crippen LogP contribution < -0.4 is 15.0 Å². The predicted octanol–water partition coefficient (Wildman–Crippen LogP) is 5.69. The summed E-state index contributed by atoms with van der Waals surface area (Å²) in [7, 11) is 2.03. The van der Waals surface area contributed by atoms with E-state index in [2.05, 4.69) is 25.0 Å². The molecule has 2 aromatic carbocycles. The van der Waals surface area contributed by atoms with Gasteiger partial charge < -0.3 is 19.9 Å². The number of nitrogens with one attached hydrogen (secondary N) is 1. The van der Waals surface area contributed by atoms with Crippen molar-refractivity contribution in [2.45, 2.75) is 13.3 Å². The van der Waals surface area contributed by atoms with Crippen molar-refractivity contribution in [3.63, 3.8) is 0 Å². The van der Waals surface area contributed by atoms with Crippen molar-refractivity contribution in [3.05, 3.63) is 76.2 Å². The lowest BCUT2D eigenvalue weighted by Gasteiger charge is -2.34. The molecule has 36 heavy (non-hydrogen) atoms. The molecule has 0 amide bonds. The SMILES string of the molecule is [C-]#[N+]c1c(Nc2ccc(N3CCN(C)CC3)c(F)c2)ncnc1Oc1cc(F)c2c(c1F)C=C(C)C2. The molecule has 2 aliphatic rings. The molecule has 0 unspecified atom stereocenters. The molecule has 1 saturated heterocycles. The van der Waals surface area contributed by atoms with Crippen molar-refractivity contribution < 1.29 is 17.9 Å². The van der Waals surface area contributed by atoms with Gasteiger partial charge in [0, 0.05) is 49.1 Å². The van der Waals surface area contributed by atoms with E-state index in [1.807, 2.05) is 11.9 Å². The zero-order valence-electron chi connectivity index (χ0n) is 19.8. The Kier molecular flexibility index (Phi) is 6.24. The number of hydrogen-bond acceptors (Lipinski definition) is 6. The van der Waals surface area contributed by atoms with Gasteiger partial charge in [-0.1, -0.05) is 11.6 Å². The van der Waals surface area contributed by atoms with E-state index in [1.165, 1.54) is 6.07 Å². The van der Waals surface area contributed by atoms with Crippen molar-refractivity contribution in [2.24, 2.45) is 0 Å². The minimum atomic E-state index is -0.728. The van der Waals surface area contributed by atoms with Gasteiger partial charge >= 0.3 is 0 Å². The zero-order valence-corrected chi connectivity index (χ0v) is 19.8. The Morgan fingerprint density at radius 2 is 1.83 bits per heavy atom. The van der Waals surface area contributed by atoms with Crippen LogP contribution in [0.4, 0.5) is 36.1 Å². The van der Waals surface area contributed by atoms with Gasteiger partial charge in [-0.2, -0.15) is 0 Å². The summed E-state index contributed by atoms with van der Waals surface area (Å²) in [5.41, 5.74) is 1.97. The van der Waals surface area contributed by atoms with Crippen molar-refractivity contribution >= 4 is 29.0 Å². The Morgan fingerprint density at radius 3 is 2.56 bits per heavy atom. The third-order valence-electron chi connectivity index (χ3n) is 6.33. The summed E-state index contributed by atoms with van der Waals surface area (Å²) in [5.74, 6) is -2.29. The normalized spacial score (nSPS) is 15.3. The van der Waals surface area contributed by atoms with Crippen LogP contribution in [0.3, 0.4) is 0 Å². The first-order valence-electron chi connectivity index (χ1n) is 11.4. The van der Waals surface area contributed by atoms with Crippen LogP contribution in [-0.4, -0.2) is 48.1 Å². The number of nitrogens with zero attached hydrogens (tertiary/aromatic N) is 5. The lowest BCUT2D eigenvalue weighted by molar-refractivity contribution is 0.311. The number of benzene rings is 2. The largest absolute Gasteiger partial charge is 0.446 e. The fourth-order valence-electron chi connectivity index (χ4n) is 4.40. The standard InChI is InChI=1S/C26H23F3N6O/c1-15-10-17-18(11-15)23(29)22(13-19(17)27)36-26-24(30-2)25(31-14-32-26)33-16-4-5-21(20(28)12-16)35-8-6-34(3)7-9-35/h4-5,11-14H,6-10H2,1,3H3,(H,31,32,33). The van der Waals surface area contributed by atoms with E-state index >= 15 is 4.39 Å². The highest BCUT2D eigenvalue weighted by atomic mass is 19.1. The Morgan fingerprint density at radius 1 is 1.06 bits per heavy atom. The van der Waals surface area contributed by atoms with E-state index in [1.54, 1.807) is 25.1 Å². The first-order valence-corrected chi connectivity index (χ1v) is 11.4. The van der Waals surface area contributed by atoms with Crippen LogP contribution in [-0.2, 0) is 6.42 Å². The second-order valence-electron chi connectivity index (χ2n) is 8.90. The molecular weight excluding hydrogens is 469 g/mol. The molecule has 184 valence electrons.